The molecule has 0 saturated carbocycles. The second-order valence-electron chi connectivity index (χ2n) is 5.74. The molecule has 0 amide bonds. The summed E-state index contributed by atoms with van der Waals surface area (Å²) in [5.41, 5.74) is 7.30. The number of nitrogens with two attached hydrogens (primary N) is 1. The molecule has 20 heavy (non-hydrogen) atoms. The molecule has 3 nitrogen and oxygen atoms in total. The van der Waals surface area contributed by atoms with Crippen LogP contribution in [-0.2, 0) is 6.54 Å². The van der Waals surface area contributed by atoms with Gasteiger partial charge in [0.2, 0.25) is 0 Å². The number of benzene rings is 1. The summed E-state index contributed by atoms with van der Waals surface area (Å²) in [6.45, 7) is 7.95. The minimum absolute atomic E-state index is 0.532. The number of likely N-dealkylation sites (tertiary alicyclic amines) is 1. The fraction of sp³-hybridized carbons (Fsp3) is 0.647. The van der Waals surface area contributed by atoms with Gasteiger partial charge in [0.05, 0.1) is 6.61 Å². The molecule has 112 valence electrons. The van der Waals surface area contributed by atoms with Crippen molar-refractivity contribution in [3.63, 3.8) is 0 Å². The fourth-order valence-corrected chi connectivity index (χ4v) is 3.14. The Morgan fingerprint density at radius 1 is 1.35 bits per heavy atom. The van der Waals surface area contributed by atoms with Crippen molar-refractivity contribution >= 4 is 0 Å². The van der Waals surface area contributed by atoms with Crippen molar-refractivity contribution in [3.05, 3.63) is 29.8 Å². The molecule has 2 atom stereocenters. The number of hydrogen-bond donors (Lipinski definition) is 1. The van der Waals surface area contributed by atoms with Crippen molar-refractivity contribution < 1.29 is 4.74 Å². The summed E-state index contributed by atoms with van der Waals surface area (Å²) in [7, 11) is 0. The van der Waals surface area contributed by atoms with Crippen LogP contribution >= 0.6 is 0 Å². The zero-order chi connectivity index (χ0) is 14.4. The van der Waals surface area contributed by atoms with E-state index in [-0.39, 0.29) is 0 Å². The van der Waals surface area contributed by atoms with Crippen LogP contribution < -0.4 is 10.5 Å². The lowest BCUT2D eigenvalue weighted by Crippen LogP contribution is -2.46. The maximum Gasteiger partial charge on any atom is 0.119 e. The van der Waals surface area contributed by atoms with E-state index < -0.39 is 0 Å². The van der Waals surface area contributed by atoms with Crippen molar-refractivity contribution in [1.82, 2.24) is 4.90 Å². The summed E-state index contributed by atoms with van der Waals surface area (Å²) in [5.74, 6) is 1.83. The smallest absolute Gasteiger partial charge is 0.119 e. The van der Waals surface area contributed by atoms with E-state index in [1.54, 1.807) is 0 Å². The van der Waals surface area contributed by atoms with Gasteiger partial charge >= 0.3 is 0 Å². The Labute approximate surface area is 123 Å². The third-order valence-electron chi connectivity index (χ3n) is 4.39. The maximum atomic E-state index is 5.98. The van der Waals surface area contributed by atoms with Gasteiger partial charge in [-0.3, -0.25) is 4.90 Å². The minimum atomic E-state index is 0.532. The average Bonchev–Trinajstić information content (AvgIpc) is 2.48. The van der Waals surface area contributed by atoms with E-state index >= 15 is 0 Å². The van der Waals surface area contributed by atoms with Crippen molar-refractivity contribution in [2.45, 2.75) is 45.7 Å². The van der Waals surface area contributed by atoms with E-state index in [1.807, 2.05) is 13.0 Å². The summed E-state index contributed by atoms with van der Waals surface area (Å²) < 4.78 is 5.58. The number of hydrogen-bond acceptors (Lipinski definition) is 3. The van der Waals surface area contributed by atoms with E-state index in [9.17, 15) is 0 Å². The molecule has 1 fully saturated rings. The normalized spacial score (nSPS) is 23.8. The van der Waals surface area contributed by atoms with Gasteiger partial charge in [-0.15, -0.1) is 0 Å². The first kappa shape index (κ1) is 15.3. The van der Waals surface area contributed by atoms with Crippen LogP contribution in [0.1, 0.15) is 38.7 Å². The lowest BCUT2D eigenvalue weighted by atomic mass is 9.88. The Bertz CT molecular complexity index is 408. The van der Waals surface area contributed by atoms with Gasteiger partial charge in [-0.25, -0.2) is 0 Å². The Morgan fingerprint density at radius 3 is 2.90 bits per heavy atom. The third kappa shape index (κ3) is 3.97. The Balaban J connectivity index is 1.99. The molecule has 2 unspecified atom stereocenters. The highest BCUT2D eigenvalue weighted by molar-refractivity contribution is 5.28. The standard InChI is InChI=1S/C17H28N2O/c1-3-14-8-9-19(16(10-14)12-18)13-15-6-5-7-17(11-15)20-4-2/h5-7,11,14,16H,3-4,8-10,12-13,18H2,1-2H3. The summed E-state index contributed by atoms with van der Waals surface area (Å²) in [6.07, 6.45) is 3.83. The highest BCUT2D eigenvalue weighted by Crippen LogP contribution is 2.26. The molecule has 2 N–H and O–H groups in total. The molecule has 0 spiro atoms. The maximum absolute atomic E-state index is 5.98. The number of ether oxygens (including phenoxy) is 1. The Kier molecular flexibility index (Phi) is 5.86. The van der Waals surface area contributed by atoms with E-state index in [0.717, 1.165) is 31.4 Å². The van der Waals surface area contributed by atoms with Crippen molar-refractivity contribution in [2.24, 2.45) is 11.7 Å². The molecule has 1 saturated heterocycles. The molecule has 1 aromatic carbocycles. The van der Waals surface area contributed by atoms with Crippen LogP contribution in [-0.4, -0.2) is 30.6 Å². The molecule has 0 radical (unpaired) electrons. The predicted octanol–water partition coefficient (Wildman–Crippen LogP) is 3.03. The van der Waals surface area contributed by atoms with Gasteiger partial charge in [0.15, 0.2) is 0 Å². The molecular weight excluding hydrogens is 248 g/mol. The Hall–Kier alpha value is -1.06. The summed E-state index contributed by atoms with van der Waals surface area (Å²) >= 11 is 0. The first-order chi connectivity index (χ1) is 9.76. The quantitative estimate of drug-likeness (QED) is 0.868. The SMILES string of the molecule is CCOc1cccc(CN2CCC(CC)CC2CN)c1. The number of nitrogens with zero attached hydrogens (tertiary/aromatic N) is 1. The first-order valence-electron chi connectivity index (χ1n) is 7.92. The van der Waals surface area contributed by atoms with Crippen LogP contribution in [0.4, 0.5) is 0 Å². The second kappa shape index (κ2) is 7.65. The van der Waals surface area contributed by atoms with E-state index in [0.29, 0.717) is 6.04 Å². The van der Waals surface area contributed by atoms with Gasteiger partial charge in [-0.05, 0) is 49.9 Å². The van der Waals surface area contributed by atoms with E-state index in [4.69, 9.17) is 10.5 Å². The molecule has 0 bridgehead atoms. The monoisotopic (exact) mass is 276 g/mol. The van der Waals surface area contributed by atoms with E-state index in [2.05, 4.69) is 30.0 Å². The van der Waals surface area contributed by atoms with Gasteiger partial charge in [-0.2, -0.15) is 0 Å². The van der Waals surface area contributed by atoms with Crippen molar-refractivity contribution in [3.8, 4) is 5.75 Å². The molecule has 0 aliphatic carbocycles. The topological polar surface area (TPSA) is 38.5 Å². The zero-order valence-electron chi connectivity index (χ0n) is 12.8. The van der Waals surface area contributed by atoms with Gasteiger partial charge in [0.25, 0.3) is 0 Å². The van der Waals surface area contributed by atoms with Gasteiger partial charge < -0.3 is 10.5 Å². The molecule has 0 aromatic heterocycles. The Morgan fingerprint density at radius 2 is 2.20 bits per heavy atom. The highest BCUT2D eigenvalue weighted by atomic mass is 16.5. The lowest BCUT2D eigenvalue weighted by Gasteiger charge is -2.39. The molecule has 1 aliphatic heterocycles. The lowest BCUT2D eigenvalue weighted by molar-refractivity contribution is 0.107. The molecule has 1 aliphatic rings. The molecule has 3 heteroatoms. The van der Waals surface area contributed by atoms with Crippen LogP contribution in [0.2, 0.25) is 0 Å². The van der Waals surface area contributed by atoms with Crippen LogP contribution in [0.15, 0.2) is 24.3 Å². The van der Waals surface area contributed by atoms with Crippen molar-refractivity contribution in [2.75, 3.05) is 19.7 Å². The van der Waals surface area contributed by atoms with Gasteiger partial charge in [0, 0.05) is 19.1 Å². The number of rotatable bonds is 6. The van der Waals surface area contributed by atoms with Crippen LogP contribution in [0.3, 0.4) is 0 Å². The minimum Gasteiger partial charge on any atom is -0.494 e. The summed E-state index contributed by atoms with van der Waals surface area (Å²) in [6, 6.07) is 8.97. The van der Waals surface area contributed by atoms with Crippen molar-refractivity contribution in [1.29, 1.82) is 0 Å². The van der Waals surface area contributed by atoms with Gasteiger partial charge in [-0.1, -0.05) is 25.5 Å². The molecule has 1 aromatic rings. The first-order valence-corrected chi connectivity index (χ1v) is 7.92. The number of piperidine rings is 1. The average molecular weight is 276 g/mol. The summed E-state index contributed by atoms with van der Waals surface area (Å²) in [5, 5.41) is 0. The largest absolute Gasteiger partial charge is 0.494 e. The molecule has 2 rings (SSSR count). The van der Waals surface area contributed by atoms with Crippen LogP contribution in [0.5, 0.6) is 5.75 Å². The predicted molar refractivity (Wildman–Crippen MR) is 83.9 cm³/mol. The van der Waals surface area contributed by atoms with Gasteiger partial charge in [0.1, 0.15) is 5.75 Å². The third-order valence-corrected chi connectivity index (χ3v) is 4.39. The van der Waals surface area contributed by atoms with E-state index in [1.165, 1.54) is 31.4 Å². The van der Waals surface area contributed by atoms with Crippen LogP contribution in [0, 0.1) is 5.92 Å². The fourth-order valence-electron chi connectivity index (χ4n) is 3.14. The zero-order valence-corrected chi connectivity index (χ0v) is 12.8. The van der Waals surface area contributed by atoms with Crippen LogP contribution in [0.25, 0.3) is 0 Å². The second-order valence-corrected chi connectivity index (χ2v) is 5.74. The highest BCUT2D eigenvalue weighted by Gasteiger charge is 2.26. The summed E-state index contributed by atoms with van der Waals surface area (Å²) in [4.78, 5) is 2.54. The molecule has 1 heterocycles. The molecular formula is C17H28N2O.